The summed E-state index contributed by atoms with van der Waals surface area (Å²) in [7, 11) is -3.83. The monoisotopic (exact) mass is 345 g/mol. The van der Waals surface area contributed by atoms with Gasteiger partial charge in [-0.3, -0.25) is 4.79 Å². The number of rotatable bonds is 4. The predicted molar refractivity (Wildman–Crippen MR) is 95.4 cm³/mol. The molecular weight excluding hydrogens is 322 g/mol. The molecule has 0 fully saturated rings. The van der Waals surface area contributed by atoms with Crippen LogP contribution >= 0.6 is 0 Å². The van der Waals surface area contributed by atoms with Gasteiger partial charge in [0.25, 0.3) is 10.0 Å². The molecule has 0 saturated carbocycles. The first kappa shape index (κ1) is 18.2. The molecule has 0 aromatic heterocycles. The van der Waals surface area contributed by atoms with Gasteiger partial charge in [-0.2, -0.15) is 0 Å². The number of carbonyl (C=O) groups excluding carboxylic acids is 1. The van der Waals surface area contributed by atoms with Crippen molar-refractivity contribution < 1.29 is 13.2 Å². The van der Waals surface area contributed by atoms with Crippen molar-refractivity contribution in [3.8, 4) is 0 Å². The highest BCUT2D eigenvalue weighted by Gasteiger charge is 2.18. The lowest BCUT2D eigenvalue weighted by molar-refractivity contribution is -0.118. The van der Waals surface area contributed by atoms with E-state index < -0.39 is 15.9 Å². The Morgan fingerprint density at radius 3 is 2.00 bits per heavy atom. The fraction of sp³-hybridized carbons (Fsp3) is 0.316. The Labute approximate surface area is 144 Å². The van der Waals surface area contributed by atoms with E-state index in [0.29, 0.717) is 0 Å². The van der Waals surface area contributed by atoms with Crippen LogP contribution in [0.2, 0.25) is 0 Å². The maximum absolute atomic E-state index is 12.2. The molecular formula is C19H23NO3S. The fourth-order valence-corrected chi connectivity index (χ4v) is 3.25. The topological polar surface area (TPSA) is 63.2 Å². The smallest absolute Gasteiger partial charge is 0.264 e. The van der Waals surface area contributed by atoms with Crippen molar-refractivity contribution in [2.45, 2.75) is 44.4 Å². The Kier molecular flexibility index (Phi) is 5.13. The summed E-state index contributed by atoms with van der Waals surface area (Å²) in [4.78, 5) is 12.1. The molecule has 0 saturated heterocycles. The lowest BCUT2D eigenvalue weighted by atomic mass is 9.86. The second-order valence-electron chi connectivity index (χ2n) is 6.97. The van der Waals surface area contributed by atoms with Crippen molar-refractivity contribution in [2.75, 3.05) is 0 Å². The van der Waals surface area contributed by atoms with E-state index >= 15 is 0 Å². The van der Waals surface area contributed by atoms with Crippen molar-refractivity contribution in [1.29, 1.82) is 0 Å². The number of hydrogen-bond donors (Lipinski definition) is 1. The van der Waals surface area contributed by atoms with E-state index in [1.54, 1.807) is 12.1 Å². The minimum absolute atomic E-state index is 0.0233. The van der Waals surface area contributed by atoms with Gasteiger partial charge in [-0.15, -0.1) is 0 Å². The van der Waals surface area contributed by atoms with Gasteiger partial charge in [0, 0.05) is 0 Å². The molecule has 24 heavy (non-hydrogen) atoms. The van der Waals surface area contributed by atoms with E-state index in [9.17, 15) is 13.2 Å². The molecule has 0 atom stereocenters. The van der Waals surface area contributed by atoms with Gasteiger partial charge in [-0.25, -0.2) is 13.1 Å². The zero-order valence-electron chi connectivity index (χ0n) is 14.5. The molecule has 0 aliphatic rings. The zero-order valence-corrected chi connectivity index (χ0v) is 15.3. The minimum atomic E-state index is -3.83. The Balaban J connectivity index is 2.06. The Morgan fingerprint density at radius 1 is 0.958 bits per heavy atom. The Hall–Kier alpha value is -2.14. The van der Waals surface area contributed by atoms with Crippen molar-refractivity contribution in [3.63, 3.8) is 0 Å². The van der Waals surface area contributed by atoms with Gasteiger partial charge in [0.2, 0.25) is 5.91 Å². The third-order valence-electron chi connectivity index (χ3n) is 3.76. The first-order valence-corrected chi connectivity index (χ1v) is 9.28. The fourth-order valence-electron chi connectivity index (χ4n) is 2.27. The zero-order chi connectivity index (χ0) is 18.0. The molecule has 1 N–H and O–H groups in total. The second kappa shape index (κ2) is 6.77. The van der Waals surface area contributed by atoms with Crippen LogP contribution in [0, 0.1) is 6.92 Å². The van der Waals surface area contributed by atoms with Gasteiger partial charge in [-0.1, -0.05) is 62.7 Å². The summed E-state index contributed by atoms with van der Waals surface area (Å²) in [6.07, 6.45) is 0.0233. The van der Waals surface area contributed by atoms with E-state index in [1.165, 1.54) is 17.7 Å². The molecule has 0 bridgehead atoms. The molecule has 2 rings (SSSR count). The molecule has 5 heteroatoms. The Bertz CT molecular complexity index is 814. The van der Waals surface area contributed by atoms with Crippen LogP contribution in [0.5, 0.6) is 0 Å². The lowest BCUT2D eigenvalue weighted by Crippen LogP contribution is -2.31. The van der Waals surface area contributed by atoms with Crippen LogP contribution < -0.4 is 4.72 Å². The van der Waals surface area contributed by atoms with E-state index in [4.69, 9.17) is 0 Å². The maximum atomic E-state index is 12.2. The highest BCUT2D eigenvalue weighted by atomic mass is 32.2. The minimum Gasteiger partial charge on any atom is -0.274 e. The summed E-state index contributed by atoms with van der Waals surface area (Å²) in [5, 5.41) is 0. The molecule has 0 aliphatic heterocycles. The highest BCUT2D eigenvalue weighted by Crippen LogP contribution is 2.22. The van der Waals surface area contributed by atoms with Crippen LogP contribution in [-0.2, 0) is 26.7 Å². The largest absolute Gasteiger partial charge is 0.274 e. The Morgan fingerprint density at radius 2 is 1.50 bits per heavy atom. The molecule has 128 valence electrons. The van der Waals surface area contributed by atoms with Gasteiger partial charge in [0.1, 0.15) is 0 Å². The average molecular weight is 345 g/mol. The number of hydrogen-bond acceptors (Lipinski definition) is 3. The summed E-state index contributed by atoms with van der Waals surface area (Å²) >= 11 is 0. The standard InChI is InChI=1S/C19H23NO3S/c1-14-5-11-17(12-6-14)24(22,23)20-18(21)13-15-7-9-16(10-8-15)19(2,3)4/h5-12H,13H2,1-4H3,(H,20,21). The van der Waals surface area contributed by atoms with Gasteiger partial charge in [0.05, 0.1) is 11.3 Å². The third kappa shape index (κ3) is 4.68. The van der Waals surface area contributed by atoms with Crippen LogP contribution in [0.1, 0.15) is 37.5 Å². The quantitative estimate of drug-likeness (QED) is 0.924. The number of sulfonamides is 1. The second-order valence-corrected chi connectivity index (χ2v) is 8.65. The maximum Gasteiger partial charge on any atom is 0.264 e. The van der Waals surface area contributed by atoms with Crippen molar-refractivity contribution >= 4 is 15.9 Å². The van der Waals surface area contributed by atoms with Gasteiger partial charge in [0.15, 0.2) is 0 Å². The predicted octanol–water partition coefficient (Wildman–Crippen LogP) is 3.34. The number of aryl methyl sites for hydroxylation is 1. The van der Waals surface area contributed by atoms with Gasteiger partial charge >= 0.3 is 0 Å². The first-order chi connectivity index (χ1) is 11.1. The van der Waals surface area contributed by atoms with Gasteiger partial charge < -0.3 is 0 Å². The summed E-state index contributed by atoms with van der Waals surface area (Å²) in [5.41, 5.74) is 2.94. The van der Waals surface area contributed by atoms with E-state index in [1.807, 2.05) is 31.2 Å². The molecule has 0 spiro atoms. The third-order valence-corrected chi connectivity index (χ3v) is 5.15. The van der Waals surface area contributed by atoms with E-state index in [2.05, 4.69) is 25.5 Å². The summed E-state index contributed by atoms with van der Waals surface area (Å²) in [6, 6.07) is 14.0. The summed E-state index contributed by atoms with van der Waals surface area (Å²) < 4.78 is 26.5. The number of benzene rings is 2. The van der Waals surface area contributed by atoms with Crippen LogP contribution in [0.15, 0.2) is 53.4 Å². The number of nitrogens with one attached hydrogen (secondary N) is 1. The number of carbonyl (C=O) groups is 1. The molecule has 0 unspecified atom stereocenters. The van der Waals surface area contributed by atoms with Gasteiger partial charge in [-0.05, 0) is 35.6 Å². The van der Waals surface area contributed by atoms with Crippen molar-refractivity contribution in [1.82, 2.24) is 4.72 Å². The molecule has 4 nitrogen and oxygen atoms in total. The molecule has 0 radical (unpaired) electrons. The summed E-state index contributed by atoms with van der Waals surface area (Å²) in [5.74, 6) is -0.543. The molecule has 0 heterocycles. The molecule has 0 aliphatic carbocycles. The lowest BCUT2D eigenvalue weighted by Gasteiger charge is -2.19. The van der Waals surface area contributed by atoms with Crippen molar-refractivity contribution in [2.24, 2.45) is 0 Å². The first-order valence-electron chi connectivity index (χ1n) is 7.80. The van der Waals surface area contributed by atoms with Crippen LogP contribution in [0.4, 0.5) is 0 Å². The molecule has 1 amide bonds. The SMILES string of the molecule is Cc1ccc(S(=O)(=O)NC(=O)Cc2ccc(C(C)(C)C)cc2)cc1. The van der Waals surface area contributed by atoms with Crippen molar-refractivity contribution in [3.05, 3.63) is 65.2 Å². The molecule has 2 aromatic rings. The van der Waals surface area contributed by atoms with E-state index in [0.717, 1.165) is 11.1 Å². The number of amides is 1. The van der Waals surface area contributed by atoms with Crippen LogP contribution in [-0.4, -0.2) is 14.3 Å². The normalized spacial score (nSPS) is 12.0. The molecule has 2 aromatic carbocycles. The van der Waals surface area contributed by atoms with Crippen LogP contribution in [0.3, 0.4) is 0 Å². The van der Waals surface area contributed by atoms with Crippen LogP contribution in [0.25, 0.3) is 0 Å². The average Bonchev–Trinajstić information content (AvgIpc) is 2.46. The van der Waals surface area contributed by atoms with E-state index in [-0.39, 0.29) is 16.7 Å². The summed E-state index contributed by atoms with van der Waals surface area (Å²) in [6.45, 7) is 8.21. The highest BCUT2D eigenvalue weighted by molar-refractivity contribution is 7.90.